The van der Waals surface area contributed by atoms with Crippen molar-refractivity contribution in [1.29, 1.82) is 0 Å². The van der Waals surface area contributed by atoms with Gasteiger partial charge >= 0.3 is 0 Å². The number of hydrogen-bond donors (Lipinski definition) is 1. The van der Waals surface area contributed by atoms with Gasteiger partial charge in [-0.3, -0.25) is 4.79 Å². The van der Waals surface area contributed by atoms with E-state index in [0.717, 1.165) is 11.3 Å². The van der Waals surface area contributed by atoms with Crippen LogP contribution in [0.3, 0.4) is 0 Å². The van der Waals surface area contributed by atoms with Crippen LogP contribution < -0.4 is 14.9 Å². The van der Waals surface area contributed by atoms with Gasteiger partial charge < -0.3 is 9.47 Å². The summed E-state index contributed by atoms with van der Waals surface area (Å²) in [5.41, 5.74) is 4.53. The molecule has 2 aromatic carbocycles. The molecule has 2 aromatic rings. The summed E-state index contributed by atoms with van der Waals surface area (Å²) in [5, 5.41) is 3.96. The number of carbonyl (C=O) groups is 1. The fourth-order valence-corrected chi connectivity index (χ4v) is 2.76. The van der Waals surface area contributed by atoms with Gasteiger partial charge in [0, 0.05) is 5.75 Å². The minimum atomic E-state index is -0.132. The van der Waals surface area contributed by atoms with Crippen LogP contribution in [0.25, 0.3) is 0 Å². The predicted octanol–water partition coefficient (Wildman–Crippen LogP) is 3.09. The average molecular weight is 344 g/mol. The Kier molecular flexibility index (Phi) is 7.17. The Morgan fingerprint density at radius 3 is 2.58 bits per heavy atom. The van der Waals surface area contributed by atoms with E-state index in [0.29, 0.717) is 17.3 Å². The van der Waals surface area contributed by atoms with Gasteiger partial charge in [-0.25, -0.2) is 5.43 Å². The normalized spacial score (nSPS) is 10.6. The van der Waals surface area contributed by atoms with Crippen LogP contribution in [-0.4, -0.2) is 32.1 Å². The van der Waals surface area contributed by atoms with Gasteiger partial charge in [-0.15, -0.1) is 11.8 Å². The lowest BCUT2D eigenvalue weighted by molar-refractivity contribution is -0.118. The van der Waals surface area contributed by atoms with Crippen molar-refractivity contribution < 1.29 is 14.3 Å². The van der Waals surface area contributed by atoms with Crippen LogP contribution in [0.2, 0.25) is 0 Å². The first-order chi connectivity index (χ1) is 11.7. The zero-order valence-corrected chi connectivity index (χ0v) is 14.5. The lowest BCUT2D eigenvalue weighted by Crippen LogP contribution is -2.19. The van der Waals surface area contributed by atoms with Crippen LogP contribution in [0.5, 0.6) is 11.5 Å². The highest BCUT2D eigenvalue weighted by Gasteiger charge is 2.03. The number of methoxy groups -OCH3 is 2. The van der Waals surface area contributed by atoms with Gasteiger partial charge in [0.2, 0.25) is 5.91 Å². The van der Waals surface area contributed by atoms with E-state index in [1.165, 1.54) is 5.56 Å². The summed E-state index contributed by atoms with van der Waals surface area (Å²) in [6.45, 7) is 0. The van der Waals surface area contributed by atoms with Gasteiger partial charge in [0.1, 0.15) is 0 Å². The second-order valence-corrected chi connectivity index (χ2v) is 5.87. The van der Waals surface area contributed by atoms with Crippen molar-refractivity contribution in [2.24, 2.45) is 5.10 Å². The number of amides is 1. The molecule has 0 aliphatic heterocycles. The molecule has 0 saturated carbocycles. The molecule has 0 aliphatic carbocycles. The number of carbonyl (C=O) groups excluding carboxylic acids is 1. The van der Waals surface area contributed by atoms with Crippen molar-refractivity contribution in [2.45, 2.75) is 5.75 Å². The molecule has 0 aromatic heterocycles. The molecule has 0 fully saturated rings. The predicted molar refractivity (Wildman–Crippen MR) is 97.9 cm³/mol. The molecule has 0 aliphatic rings. The number of ether oxygens (including phenoxy) is 2. The average Bonchev–Trinajstić information content (AvgIpc) is 2.62. The molecule has 0 spiro atoms. The molecule has 0 radical (unpaired) electrons. The summed E-state index contributed by atoms with van der Waals surface area (Å²) in [4.78, 5) is 11.8. The molecule has 0 heterocycles. The molecule has 6 heteroatoms. The van der Waals surface area contributed by atoms with Crippen LogP contribution in [0.4, 0.5) is 0 Å². The maximum Gasteiger partial charge on any atom is 0.250 e. The highest BCUT2D eigenvalue weighted by molar-refractivity contribution is 7.99. The van der Waals surface area contributed by atoms with E-state index < -0.39 is 0 Å². The number of nitrogens with one attached hydrogen (secondary N) is 1. The van der Waals surface area contributed by atoms with Gasteiger partial charge in [-0.1, -0.05) is 30.3 Å². The molecule has 5 nitrogen and oxygen atoms in total. The Balaban J connectivity index is 1.77. The lowest BCUT2D eigenvalue weighted by Gasteiger charge is -2.07. The fraction of sp³-hybridized carbons (Fsp3) is 0.222. The van der Waals surface area contributed by atoms with Crippen LogP contribution in [0.1, 0.15) is 11.1 Å². The summed E-state index contributed by atoms with van der Waals surface area (Å²) in [6, 6.07) is 15.5. The van der Waals surface area contributed by atoms with Crippen LogP contribution in [0.15, 0.2) is 53.6 Å². The number of thioether (sulfide) groups is 1. The van der Waals surface area contributed by atoms with E-state index in [4.69, 9.17) is 9.47 Å². The Morgan fingerprint density at radius 2 is 1.88 bits per heavy atom. The molecular weight excluding hydrogens is 324 g/mol. The van der Waals surface area contributed by atoms with Gasteiger partial charge in [0.15, 0.2) is 11.5 Å². The second-order valence-electron chi connectivity index (χ2n) is 4.89. The topological polar surface area (TPSA) is 59.9 Å². The summed E-state index contributed by atoms with van der Waals surface area (Å²) < 4.78 is 10.4. The zero-order chi connectivity index (χ0) is 17.2. The van der Waals surface area contributed by atoms with E-state index in [9.17, 15) is 4.79 Å². The maximum absolute atomic E-state index is 11.8. The van der Waals surface area contributed by atoms with E-state index in [1.54, 1.807) is 44.3 Å². The van der Waals surface area contributed by atoms with Crippen molar-refractivity contribution in [2.75, 3.05) is 20.0 Å². The van der Waals surface area contributed by atoms with Crippen molar-refractivity contribution >= 4 is 23.9 Å². The zero-order valence-electron chi connectivity index (χ0n) is 13.7. The van der Waals surface area contributed by atoms with Gasteiger partial charge in [0.25, 0.3) is 0 Å². The first-order valence-corrected chi connectivity index (χ1v) is 8.54. The molecule has 1 amide bonds. The highest BCUT2D eigenvalue weighted by atomic mass is 32.2. The van der Waals surface area contributed by atoms with E-state index >= 15 is 0 Å². The smallest absolute Gasteiger partial charge is 0.250 e. The monoisotopic (exact) mass is 344 g/mol. The van der Waals surface area contributed by atoms with Crippen LogP contribution in [-0.2, 0) is 10.5 Å². The van der Waals surface area contributed by atoms with Gasteiger partial charge in [0.05, 0.1) is 26.2 Å². The quantitative estimate of drug-likeness (QED) is 0.590. The first kappa shape index (κ1) is 17.9. The summed E-state index contributed by atoms with van der Waals surface area (Å²) in [5.74, 6) is 2.29. The van der Waals surface area contributed by atoms with Crippen molar-refractivity contribution in [3.05, 3.63) is 59.7 Å². The van der Waals surface area contributed by atoms with Gasteiger partial charge in [-0.2, -0.15) is 5.10 Å². The summed E-state index contributed by atoms with van der Waals surface area (Å²) in [7, 11) is 3.16. The minimum Gasteiger partial charge on any atom is -0.493 e. The number of nitrogens with zero attached hydrogens (tertiary/aromatic N) is 1. The number of hydrazone groups is 1. The number of hydrogen-bond acceptors (Lipinski definition) is 5. The fourth-order valence-electron chi connectivity index (χ4n) is 1.98. The SMILES string of the molecule is COc1ccc(/C=N\NC(=O)CSCc2ccccc2)cc1OC. The standard InChI is InChI=1S/C18H20N2O3S/c1-22-16-9-8-15(10-17(16)23-2)11-19-20-18(21)13-24-12-14-6-4-3-5-7-14/h3-11H,12-13H2,1-2H3,(H,20,21)/b19-11-. The second kappa shape index (κ2) is 9.62. The molecular formula is C18H20N2O3S. The van der Waals surface area contributed by atoms with Gasteiger partial charge in [-0.05, 0) is 29.3 Å². The van der Waals surface area contributed by atoms with Crippen LogP contribution >= 0.6 is 11.8 Å². The highest BCUT2D eigenvalue weighted by Crippen LogP contribution is 2.26. The van der Waals surface area contributed by atoms with E-state index in [1.807, 2.05) is 36.4 Å². The molecule has 0 unspecified atom stereocenters. The van der Waals surface area contributed by atoms with Crippen LogP contribution in [0, 0.1) is 0 Å². The Labute approximate surface area is 146 Å². The molecule has 2 rings (SSSR count). The molecule has 126 valence electrons. The minimum absolute atomic E-state index is 0.132. The molecule has 0 atom stereocenters. The van der Waals surface area contributed by atoms with Crippen molar-refractivity contribution in [3.8, 4) is 11.5 Å². The largest absolute Gasteiger partial charge is 0.493 e. The van der Waals surface area contributed by atoms with Crippen molar-refractivity contribution in [3.63, 3.8) is 0 Å². The molecule has 24 heavy (non-hydrogen) atoms. The maximum atomic E-state index is 11.8. The third-order valence-corrected chi connectivity index (χ3v) is 4.16. The Bertz CT molecular complexity index is 690. The third kappa shape index (κ3) is 5.62. The lowest BCUT2D eigenvalue weighted by atomic mass is 10.2. The molecule has 1 N–H and O–H groups in total. The third-order valence-electron chi connectivity index (χ3n) is 3.16. The first-order valence-electron chi connectivity index (χ1n) is 7.38. The number of benzene rings is 2. The van der Waals surface area contributed by atoms with E-state index in [2.05, 4.69) is 10.5 Å². The summed E-state index contributed by atoms with van der Waals surface area (Å²) >= 11 is 1.55. The molecule has 0 bridgehead atoms. The van der Waals surface area contributed by atoms with E-state index in [-0.39, 0.29) is 5.91 Å². The Morgan fingerprint density at radius 1 is 1.12 bits per heavy atom. The number of rotatable bonds is 8. The van der Waals surface area contributed by atoms with Crippen molar-refractivity contribution in [1.82, 2.24) is 5.43 Å². The Hall–Kier alpha value is -2.47. The molecule has 0 saturated heterocycles. The summed E-state index contributed by atoms with van der Waals surface area (Å²) in [6.07, 6.45) is 1.57.